The zero-order valence-corrected chi connectivity index (χ0v) is 17.8. The molecular formula is C23H30N4O3. The molecule has 3 rings (SSSR count). The molecule has 0 bridgehead atoms. The minimum absolute atomic E-state index is 0.0385. The van der Waals surface area contributed by atoms with Crippen LogP contribution < -0.4 is 15.0 Å². The van der Waals surface area contributed by atoms with Gasteiger partial charge in [-0.2, -0.15) is 0 Å². The van der Waals surface area contributed by atoms with Crippen LogP contribution in [0.25, 0.3) is 0 Å². The molecule has 2 heterocycles. The highest BCUT2D eigenvalue weighted by Crippen LogP contribution is 2.15. The zero-order valence-electron chi connectivity index (χ0n) is 17.8. The summed E-state index contributed by atoms with van der Waals surface area (Å²) in [5, 5.41) is 2.89. The van der Waals surface area contributed by atoms with Crippen LogP contribution in [0.3, 0.4) is 0 Å². The number of likely N-dealkylation sites (N-methyl/N-ethyl adjacent to an activating group) is 1. The van der Waals surface area contributed by atoms with Gasteiger partial charge in [-0.1, -0.05) is 12.1 Å². The molecule has 0 spiro atoms. The summed E-state index contributed by atoms with van der Waals surface area (Å²) >= 11 is 0. The van der Waals surface area contributed by atoms with Gasteiger partial charge in [-0.05, 0) is 55.8 Å². The molecule has 2 aromatic rings. The predicted octanol–water partition coefficient (Wildman–Crippen LogP) is 2.05. The second-order valence-electron chi connectivity index (χ2n) is 7.72. The number of carbonyl (C=O) groups is 2. The predicted molar refractivity (Wildman–Crippen MR) is 117 cm³/mol. The summed E-state index contributed by atoms with van der Waals surface area (Å²) in [6, 6.07) is 11.5. The molecular weight excluding hydrogens is 380 g/mol. The molecule has 160 valence electrons. The Hall–Kier alpha value is -2.93. The van der Waals surface area contributed by atoms with E-state index < -0.39 is 0 Å². The van der Waals surface area contributed by atoms with Crippen molar-refractivity contribution in [2.24, 2.45) is 0 Å². The number of hydrogen-bond donors (Lipinski definition) is 1. The molecule has 1 aromatic carbocycles. The molecule has 0 aliphatic carbocycles. The van der Waals surface area contributed by atoms with Gasteiger partial charge in [-0.25, -0.2) is 4.98 Å². The lowest BCUT2D eigenvalue weighted by atomic mass is 10.1. The Morgan fingerprint density at radius 3 is 2.50 bits per heavy atom. The summed E-state index contributed by atoms with van der Waals surface area (Å²) in [7, 11) is 2.13. The summed E-state index contributed by atoms with van der Waals surface area (Å²) in [4.78, 5) is 32.3. The molecule has 1 amide bonds. The third-order valence-corrected chi connectivity index (χ3v) is 5.19. The Bertz CT molecular complexity index is 846. The van der Waals surface area contributed by atoms with E-state index >= 15 is 0 Å². The van der Waals surface area contributed by atoms with Crippen LogP contribution in [0.1, 0.15) is 24.5 Å². The molecule has 0 atom stereocenters. The van der Waals surface area contributed by atoms with Crippen LogP contribution in [0, 0.1) is 0 Å². The number of ketones is 1. The number of carbonyl (C=O) groups excluding carboxylic acids is 2. The van der Waals surface area contributed by atoms with Crippen LogP contribution in [0.2, 0.25) is 0 Å². The van der Waals surface area contributed by atoms with E-state index in [9.17, 15) is 9.59 Å². The van der Waals surface area contributed by atoms with Crippen LogP contribution in [0.5, 0.6) is 5.75 Å². The molecule has 1 saturated heterocycles. The summed E-state index contributed by atoms with van der Waals surface area (Å²) in [6.45, 7) is 5.96. The van der Waals surface area contributed by atoms with E-state index in [1.165, 1.54) is 0 Å². The Kier molecular flexibility index (Phi) is 7.79. The summed E-state index contributed by atoms with van der Waals surface area (Å²) in [6.07, 6.45) is 3.05. The van der Waals surface area contributed by atoms with E-state index in [1.807, 2.05) is 36.4 Å². The molecule has 0 saturated carbocycles. The highest BCUT2D eigenvalue weighted by atomic mass is 16.5. The second kappa shape index (κ2) is 10.7. The second-order valence-corrected chi connectivity index (χ2v) is 7.72. The normalized spacial score (nSPS) is 14.4. The maximum Gasteiger partial charge on any atom is 0.258 e. The highest BCUT2D eigenvalue weighted by molar-refractivity contribution is 5.77. The number of pyridine rings is 1. The van der Waals surface area contributed by atoms with Crippen molar-refractivity contribution in [1.29, 1.82) is 0 Å². The summed E-state index contributed by atoms with van der Waals surface area (Å²) < 4.78 is 5.56. The fourth-order valence-corrected chi connectivity index (χ4v) is 3.25. The number of piperazine rings is 1. The summed E-state index contributed by atoms with van der Waals surface area (Å²) in [5.41, 5.74) is 2.10. The van der Waals surface area contributed by atoms with Crippen molar-refractivity contribution in [3.8, 4) is 5.75 Å². The lowest BCUT2D eigenvalue weighted by Gasteiger charge is -2.33. The fraction of sp³-hybridized carbons (Fsp3) is 0.435. The minimum atomic E-state index is -0.173. The van der Waals surface area contributed by atoms with Gasteiger partial charge in [0.15, 0.2) is 6.61 Å². The van der Waals surface area contributed by atoms with Crippen molar-refractivity contribution in [3.05, 3.63) is 53.7 Å². The molecule has 30 heavy (non-hydrogen) atoms. The van der Waals surface area contributed by atoms with Gasteiger partial charge in [-0.15, -0.1) is 0 Å². The standard InChI is InChI=1S/C23H30N4O3/c1-18(28)3-4-19-5-7-21(8-6-19)30-17-23(29)25-16-20-9-10-24-22(15-20)27-13-11-26(2)12-14-27/h5-10,15H,3-4,11-14,16-17H2,1-2H3,(H,25,29). The Labute approximate surface area is 178 Å². The van der Waals surface area contributed by atoms with E-state index in [2.05, 4.69) is 27.1 Å². The first kappa shape index (κ1) is 21.8. The average Bonchev–Trinajstić information content (AvgIpc) is 2.76. The molecule has 1 N–H and O–H groups in total. The molecule has 7 heteroatoms. The number of amides is 1. The monoisotopic (exact) mass is 410 g/mol. The number of anilines is 1. The average molecular weight is 411 g/mol. The first-order valence-corrected chi connectivity index (χ1v) is 10.4. The maximum absolute atomic E-state index is 12.2. The van der Waals surface area contributed by atoms with Crippen molar-refractivity contribution in [3.63, 3.8) is 0 Å². The Balaban J connectivity index is 1.42. The maximum atomic E-state index is 12.2. The van der Waals surface area contributed by atoms with Gasteiger partial charge in [0.05, 0.1) is 0 Å². The fourth-order valence-electron chi connectivity index (χ4n) is 3.25. The zero-order chi connectivity index (χ0) is 21.3. The van der Waals surface area contributed by atoms with E-state index in [-0.39, 0.29) is 18.3 Å². The van der Waals surface area contributed by atoms with Crippen molar-refractivity contribution in [1.82, 2.24) is 15.2 Å². The number of Topliss-reactive ketones (excluding diaryl/α,β-unsaturated/α-hetero) is 1. The number of aromatic nitrogens is 1. The van der Waals surface area contributed by atoms with Gasteiger partial charge in [0, 0.05) is 45.3 Å². The first-order chi connectivity index (χ1) is 14.5. The number of benzene rings is 1. The summed E-state index contributed by atoms with van der Waals surface area (Å²) in [5.74, 6) is 1.60. The number of nitrogens with one attached hydrogen (secondary N) is 1. The number of aryl methyl sites for hydroxylation is 1. The van der Waals surface area contributed by atoms with Crippen LogP contribution in [0.4, 0.5) is 5.82 Å². The van der Waals surface area contributed by atoms with Gasteiger partial charge >= 0.3 is 0 Å². The molecule has 1 aliphatic rings. The van der Waals surface area contributed by atoms with Gasteiger partial charge in [0.1, 0.15) is 17.4 Å². The Morgan fingerprint density at radius 1 is 1.07 bits per heavy atom. The molecule has 1 fully saturated rings. The quantitative estimate of drug-likeness (QED) is 0.682. The smallest absolute Gasteiger partial charge is 0.258 e. The van der Waals surface area contributed by atoms with Crippen molar-refractivity contribution in [2.75, 3.05) is 44.7 Å². The molecule has 1 aliphatic heterocycles. The highest BCUT2D eigenvalue weighted by Gasteiger charge is 2.15. The number of hydrogen-bond acceptors (Lipinski definition) is 6. The van der Waals surface area contributed by atoms with Gasteiger partial charge in [-0.3, -0.25) is 4.79 Å². The number of rotatable bonds is 9. The largest absolute Gasteiger partial charge is 0.484 e. The molecule has 0 unspecified atom stereocenters. The van der Waals surface area contributed by atoms with Gasteiger partial charge in [0.2, 0.25) is 0 Å². The van der Waals surface area contributed by atoms with Gasteiger partial charge < -0.3 is 24.6 Å². The Morgan fingerprint density at radius 2 is 1.80 bits per heavy atom. The minimum Gasteiger partial charge on any atom is -0.484 e. The lowest BCUT2D eigenvalue weighted by Crippen LogP contribution is -2.44. The van der Waals surface area contributed by atoms with Crippen LogP contribution in [-0.2, 0) is 22.6 Å². The van der Waals surface area contributed by atoms with Crippen LogP contribution >= 0.6 is 0 Å². The van der Waals surface area contributed by atoms with Crippen molar-refractivity contribution < 1.29 is 14.3 Å². The van der Waals surface area contributed by atoms with E-state index in [0.717, 1.165) is 49.5 Å². The molecule has 0 radical (unpaired) electrons. The number of nitrogens with zero attached hydrogens (tertiary/aromatic N) is 3. The van der Waals surface area contributed by atoms with Crippen LogP contribution in [-0.4, -0.2) is 61.4 Å². The third kappa shape index (κ3) is 6.84. The molecule has 7 nitrogen and oxygen atoms in total. The van der Waals surface area contributed by atoms with E-state index in [0.29, 0.717) is 18.7 Å². The SMILES string of the molecule is CC(=O)CCc1ccc(OCC(=O)NCc2ccnc(N3CCN(C)CC3)c2)cc1. The lowest BCUT2D eigenvalue weighted by molar-refractivity contribution is -0.123. The first-order valence-electron chi connectivity index (χ1n) is 10.4. The van der Waals surface area contributed by atoms with Crippen molar-refractivity contribution in [2.45, 2.75) is 26.3 Å². The van der Waals surface area contributed by atoms with Gasteiger partial charge in [0.25, 0.3) is 5.91 Å². The van der Waals surface area contributed by atoms with E-state index in [4.69, 9.17) is 4.74 Å². The number of ether oxygens (including phenoxy) is 1. The van der Waals surface area contributed by atoms with Crippen molar-refractivity contribution >= 4 is 17.5 Å². The third-order valence-electron chi connectivity index (χ3n) is 5.19. The molecule has 1 aromatic heterocycles. The van der Waals surface area contributed by atoms with E-state index in [1.54, 1.807) is 13.1 Å². The van der Waals surface area contributed by atoms with Crippen LogP contribution in [0.15, 0.2) is 42.6 Å². The topological polar surface area (TPSA) is 74.8 Å².